The van der Waals surface area contributed by atoms with Crippen molar-refractivity contribution < 1.29 is 9.21 Å². The van der Waals surface area contributed by atoms with Crippen LogP contribution in [0.4, 0.5) is 0 Å². The molecule has 1 atom stereocenters. The van der Waals surface area contributed by atoms with Crippen molar-refractivity contribution in [3.05, 3.63) is 58.6 Å². The number of rotatable bonds is 7. The zero-order valence-electron chi connectivity index (χ0n) is 13.4. The lowest BCUT2D eigenvalue weighted by atomic mass is 10.1. The van der Waals surface area contributed by atoms with Crippen LogP contribution in [0.5, 0.6) is 0 Å². The van der Waals surface area contributed by atoms with E-state index in [1.54, 1.807) is 11.3 Å². The molecule has 2 aromatic heterocycles. The Morgan fingerprint density at radius 3 is 2.83 bits per heavy atom. The zero-order chi connectivity index (χ0) is 16.8. The number of aryl methyl sites for hydroxylation is 1. The summed E-state index contributed by atoms with van der Waals surface area (Å²) in [5.74, 6) is 0.691. The topological polar surface area (TPSA) is 68.0 Å². The van der Waals surface area contributed by atoms with Gasteiger partial charge in [0.25, 0.3) is 0 Å². The third kappa shape index (κ3) is 4.52. The summed E-state index contributed by atoms with van der Waals surface area (Å²) in [4.78, 5) is 12.1. The number of amides is 1. The number of aromatic nitrogens is 2. The van der Waals surface area contributed by atoms with Gasteiger partial charge in [-0.2, -0.15) is 11.3 Å². The Labute approximate surface area is 144 Å². The molecular formula is C18H19N3O2S. The number of carbonyl (C=O) groups excluding carboxylic acids is 1. The molecule has 3 rings (SSSR count). The molecule has 6 heteroatoms. The Kier molecular flexibility index (Phi) is 5.38. The standard InChI is InChI=1S/C18H19N3O2S/c1-13(7-8-14-5-3-2-4-6-14)19-16(22)11-17-20-21-18(23-17)15-9-10-24-12-15/h2-6,9-10,12-13H,7-8,11H2,1H3,(H,19,22). The first kappa shape index (κ1) is 16.4. The number of nitrogens with one attached hydrogen (secondary N) is 1. The molecule has 0 radical (unpaired) electrons. The molecule has 1 aromatic carbocycles. The lowest BCUT2D eigenvalue weighted by Gasteiger charge is -2.13. The minimum absolute atomic E-state index is 0.0944. The van der Waals surface area contributed by atoms with Crippen molar-refractivity contribution in [2.24, 2.45) is 0 Å². The van der Waals surface area contributed by atoms with Crippen molar-refractivity contribution in [1.82, 2.24) is 15.5 Å². The second-order valence-corrected chi connectivity index (χ2v) is 6.46. The fraction of sp³-hybridized carbons (Fsp3) is 0.278. The van der Waals surface area contributed by atoms with Gasteiger partial charge in [0.15, 0.2) is 0 Å². The largest absolute Gasteiger partial charge is 0.420 e. The summed E-state index contributed by atoms with van der Waals surface area (Å²) in [6, 6.07) is 12.3. The first-order chi connectivity index (χ1) is 11.7. The molecule has 5 nitrogen and oxygen atoms in total. The van der Waals surface area contributed by atoms with Gasteiger partial charge in [-0.15, -0.1) is 10.2 Å². The molecule has 0 saturated carbocycles. The second kappa shape index (κ2) is 7.88. The minimum atomic E-state index is -0.101. The van der Waals surface area contributed by atoms with Crippen LogP contribution < -0.4 is 5.32 Å². The van der Waals surface area contributed by atoms with E-state index >= 15 is 0 Å². The van der Waals surface area contributed by atoms with Gasteiger partial charge in [0, 0.05) is 17.0 Å². The van der Waals surface area contributed by atoms with Crippen molar-refractivity contribution in [2.75, 3.05) is 0 Å². The molecule has 0 bridgehead atoms. The molecule has 0 aliphatic carbocycles. The average Bonchev–Trinajstić information content (AvgIpc) is 3.25. The Bertz CT molecular complexity index is 769. The third-order valence-corrected chi connectivity index (χ3v) is 4.35. The van der Waals surface area contributed by atoms with Crippen LogP contribution in [0.3, 0.4) is 0 Å². The smallest absolute Gasteiger partial charge is 0.248 e. The van der Waals surface area contributed by atoms with E-state index in [1.807, 2.05) is 41.9 Å². The zero-order valence-corrected chi connectivity index (χ0v) is 14.3. The fourth-order valence-corrected chi connectivity index (χ4v) is 3.02. The van der Waals surface area contributed by atoms with E-state index in [9.17, 15) is 4.79 Å². The van der Waals surface area contributed by atoms with Gasteiger partial charge in [0.05, 0.1) is 0 Å². The molecule has 1 amide bonds. The molecule has 2 heterocycles. The quantitative estimate of drug-likeness (QED) is 0.714. The van der Waals surface area contributed by atoms with Crippen LogP contribution in [0.25, 0.3) is 11.5 Å². The maximum atomic E-state index is 12.1. The lowest BCUT2D eigenvalue weighted by Crippen LogP contribution is -2.34. The molecule has 0 fully saturated rings. The summed E-state index contributed by atoms with van der Waals surface area (Å²) in [6.45, 7) is 2.01. The van der Waals surface area contributed by atoms with Crippen molar-refractivity contribution in [1.29, 1.82) is 0 Å². The molecule has 1 N–H and O–H groups in total. The molecule has 0 aliphatic rings. The van der Waals surface area contributed by atoms with Crippen LogP contribution in [0.1, 0.15) is 24.8 Å². The first-order valence-electron chi connectivity index (χ1n) is 7.89. The highest BCUT2D eigenvalue weighted by Crippen LogP contribution is 2.20. The maximum absolute atomic E-state index is 12.1. The van der Waals surface area contributed by atoms with Crippen LogP contribution in [-0.4, -0.2) is 22.1 Å². The minimum Gasteiger partial charge on any atom is -0.420 e. The Balaban J connectivity index is 1.47. The maximum Gasteiger partial charge on any atom is 0.248 e. The van der Waals surface area contributed by atoms with E-state index in [4.69, 9.17) is 4.42 Å². The summed E-state index contributed by atoms with van der Waals surface area (Å²) >= 11 is 1.56. The summed E-state index contributed by atoms with van der Waals surface area (Å²) in [5, 5.41) is 14.8. The van der Waals surface area contributed by atoms with Crippen LogP contribution in [-0.2, 0) is 17.6 Å². The molecule has 3 aromatic rings. The fourth-order valence-electron chi connectivity index (χ4n) is 2.39. The highest BCUT2D eigenvalue weighted by atomic mass is 32.1. The van der Waals surface area contributed by atoms with E-state index in [-0.39, 0.29) is 18.4 Å². The van der Waals surface area contributed by atoms with Gasteiger partial charge in [-0.25, -0.2) is 0 Å². The summed E-state index contributed by atoms with van der Waals surface area (Å²) in [7, 11) is 0. The number of hydrogen-bond donors (Lipinski definition) is 1. The van der Waals surface area contributed by atoms with E-state index in [0.717, 1.165) is 18.4 Å². The number of nitrogens with zero attached hydrogens (tertiary/aromatic N) is 2. The van der Waals surface area contributed by atoms with Gasteiger partial charge in [-0.05, 0) is 36.8 Å². The second-order valence-electron chi connectivity index (χ2n) is 5.68. The molecule has 0 aliphatic heterocycles. The Morgan fingerprint density at radius 2 is 2.08 bits per heavy atom. The van der Waals surface area contributed by atoms with Crippen LogP contribution in [0.2, 0.25) is 0 Å². The van der Waals surface area contributed by atoms with Crippen molar-refractivity contribution in [3.63, 3.8) is 0 Å². The molecular weight excluding hydrogens is 322 g/mol. The molecule has 124 valence electrons. The number of carbonyl (C=O) groups is 1. The Morgan fingerprint density at radius 1 is 1.25 bits per heavy atom. The summed E-state index contributed by atoms with van der Waals surface area (Å²) < 4.78 is 5.53. The number of hydrogen-bond acceptors (Lipinski definition) is 5. The molecule has 24 heavy (non-hydrogen) atoms. The van der Waals surface area contributed by atoms with E-state index in [2.05, 4.69) is 27.6 Å². The van der Waals surface area contributed by atoms with E-state index < -0.39 is 0 Å². The van der Waals surface area contributed by atoms with Gasteiger partial charge in [0.1, 0.15) is 6.42 Å². The predicted octanol–water partition coefficient (Wildman–Crippen LogP) is 3.48. The van der Waals surface area contributed by atoms with E-state index in [1.165, 1.54) is 5.56 Å². The van der Waals surface area contributed by atoms with Crippen molar-refractivity contribution in [2.45, 2.75) is 32.2 Å². The van der Waals surface area contributed by atoms with Gasteiger partial charge in [0.2, 0.25) is 17.7 Å². The van der Waals surface area contributed by atoms with Crippen LogP contribution >= 0.6 is 11.3 Å². The molecule has 0 saturated heterocycles. The molecule has 1 unspecified atom stereocenters. The Hall–Kier alpha value is -2.47. The van der Waals surface area contributed by atoms with Gasteiger partial charge < -0.3 is 9.73 Å². The SMILES string of the molecule is CC(CCc1ccccc1)NC(=O)Cc1nnc(-c2ccsc2)o1. The van der Waals surface area contributed by atoms with Crippen molar-refractivity contribution in [3.8, 4) is 11.5 Å². The predicted molar refractivity (Wildman–Crippen MR) is 93.7 cm³/mol. The highest BCUT2D eigenvalue weighted by molar-refractivity contribution is 7.08. The van der Waals surface area contributed by atoms with Gasteiger partial charge in [-0.1, -0.05) is 30.3 Å². The van der Waals surface area contributed by atoms with Gasteiger partial charge >= 0.3 is 0 Å². The normalized spacial score (nSPS) is 12.0. The summed E-state index contributed by atoms with van der Waals surface area (Å²) in [6.07, 6.45) is 1.93. The number of thiophene rings is 1. The van der Waals surface area contributed by atoms with Crippen LogP contribution in [0.15, 0.2) is 51.6 Å². The molecule has 0 spiro atoms. The highest BCUT2D eigenvalue weighted by Gasteiger charge is 2.14. The third-order valence-electron chi connectivity index (χ3n) is 3.66. The average molecular weight is 341 g/mol. The lowest BCUT2D eigenvalue weighted by molar-refractivity contribution is -0.121. The summed E-state index contributed by atoms with van der Waals surface area (Å²) in [5.41, 5.74) is 2.16. The van der Waals surface area contributed by atoms with Crippen molar-refractivity contribution >= 4 is 17.2 Å². The number of benzene rings is 1. The monoisotopic (exact) mass is 341 g/mol. The van der Waals surface area contributed by atoms with Crippen LogP contribution in [0, 0.1) is 0 Å². The van der Waals surface area contributed by atoms with E-state index in [0.29, 0.717) is 11.8 Å². The van der Waals surface area contributed by atoms with Gasteiger partial charge in [-0.3, -0.25) is 4.79 Å². The first-order valence-corrected chi connectivity index (χ1v) is 8.83.